The summed E-state index contributed by atoms with van der Waals surface area (Å²) in [6, 6.07) is 13.8. The largest absolute Gasteiger partial charge is 0.493 e. The van der Waals surface area contributed by atoms with E-state index in [0.717, 1.165) is 41.9 Å². The molecule has 1 atom stereocenters. The van der Waals surface area contributed by atoms with Crippen LogP contribution in [-0.2, 0) is 31.8 Å². The summed E-state index contributed by atoms with van der Waals surface area (Å²) in [7, 11) is 0. The summed E-state index contributed by atoms with van der Waals surface area (Å²) in [5, 5.41) is 17.2. The number of hydrogen-bond donors (Lipinski definition) is 3. The summed E-state index contributed by atoms with van der Waals surface area (Å²) < 4.78 is 62.3. The van der Waals surface area contributed by atoms with Gasteiger partial charge in [0.2, 0.25) is 23.6 Å². The maximum absolute atomic E-state index is 14.6. The molecule has 0 aliphatic carbocycles. The van der Waals surface area contributed by atoms with Crippen LogP contribution in [0.15, 0.2) is 54.6 Å². The molecule has 17 heteroatoms. The smallest absolute Gasteiger partial charge is 0.417 e. The minimum Gasteiger partial charge on any atom is -0.493 e. The first kappa shape index (κ1) is 43.0. The van der Waals surface area contributed by atoms with Crippen LogP contribution in [0.2, 0.25) is 0 Å². The van der Waals surface area contributed by atoms with Crippen LogP contribution in [0.5, 0.6) is 5.75 Å². The number of rotatable bonds is 12. The van der Waals surface area contributed by atoms with Crippen LogP contribution < -0.4 is 30.5 Å². The van der Waals surface area contributed by atoms with Crippen LogP contribution in [-0.4, -0.2) is 72.5 Å². The Balaban J connectivity index is 0.00000341. The normalized spacial score (nSPS) is 18.5. The summed E-state index contributed by atoms with van der Waals surface area (Å²) in [4.78, 5) is 54.7. The number of hydrogen-bond acceptors (Lipinski definition) is 9. The Bertz CT molecular complexity index is 2150. The van der Waals surface area contributed by atoms with Crippen molar-refractivity contribution >= 4 is 63.7 Å². The van der Waals surface area contributed by atoms with Crippen molar-refractivity contribution in [1.29, 1.82) is 5.26 Å². The predicted molar refractivity (Wildman–Crippen MR) is 224 cm³/mol. The van der Waals surface area contributed by atoms with Gasteiger partial charge in [-0.2, -0.15) is 18.4 Å². The molecule has 3 heterocycles. The number of aryl methyl sites for hydroxylation is 1. The summed E-state index contributed by atoms with van der Waals surface area (Å²) >= 11 is 5.78. The highest BCUT2D eigenvalue weighted by Crippen LogP contribution is 2.36. The summed E-state index contributed by atoms with van der Waals surface area (Å²) in [5.41, 5.74) is 0.285. The van der Waals surface area contributed by atoms with Crippen LogP contribution in [0.1, 0.15) is 79.3 Å². The lowest BCUT2D eigenvalue weighted by Crippen LogP contribution is -2.48. The molecule has 3 fully saturated rings. The lowest BCUT2D eigenvalue weighted by atomic mass is 9.94. The molecule has 3 saturated heterocycles. The Labute approximate surface area is 349 Å². The van der Waals surface area contributed by atoms with Crippen LogP contribution in [0.4, 0.5) is 40.3 Å². The van der Waals surface area contributed by atoms with Crippen molar-refractivity contribution in [3.05, 3.63) is 77.1 Å². The molecule has 3 aliphatic heterocycles. The number of nitrogens with one attached hydrogen (secondary N) is 3. The summed E-state index contributed by atoms with van der Waals surface area (Å²) in [5.74, 6) is -1.13. The van der Waals surface area contributed by atoms with Crippen LogP contribution in [0.3, 0.4) is 0 Å². The third-order valence-corrected chi connectivity index (χ3v) is 11.2. The minimum absolute atomic E-state index is 0. The first-order valence-electron chi connectivity index (χ1n) is 19.7. The number of piperidine rings is 2. The van der Waals surface area contributed by atoms with E-state index < -0.39 is 41.0 Å². The number of benzene rings is 3. The Morgan fingerprint density at radius 2 is 1.76 bits per heavy atom. The van der Waals surface area contributed by atoms with Crippen LogP contribution in [0.25, 0.3) is 0 Å². The van der Waals surface area contributed by atoms with E-state index >= 15 is 0 Å². The zero-order chi connectivity index (χ0) is 42.3. The molecule has 3 aromatic rings. The predicted octanol–water partition coefficient (Wildman–Crippen LogP) is 7.66. The molecule has 3 aromatic carbocycles. The summed E-state index contributed by atoms with van der Waals surface area (Å²) in [6.07, 6.45) is 0.101. The second-order valence-corrected chi connectivity index (χ2v) is 15.2. The zero-order valence-corrected chi connectivity index (χ0v) is 33.3. The van der Waals surface area contributed by atoms with E-state index in [1.54, 1.807) is 11.0 Å². The Morgan fingerprint density at radius 1 is 1.00 bits per heavy atom. The number of carbonyl (C=O) groups excluding carboxylic acids is 4. The molecule has 3 N–H and O–H groups in total. The first-order chi connectivity index (χ1) is 28.2. The highest BCUT2D eigenvalue weighted by molar-refractivity contribution is 7.81. The summed E-state index contributed by atoms with van der Waals surface area (Å²) in [6.45, 7) is 4.35. The van der Waals surface area contributed by atoms with Gasteiger partial charge in [0.15, 0.2) is 5.11 Å². The van der Waals surface area contributed by atoms with Gasteiger partial charge in [-0.05, 0) is 136 Å². The van der Waals surface area contributed by atoms with Crippen molar-refractivity contribution in [2.24, 2.45) is 5.92 Å². The van der Waals surface area contributed by atoms with Gasteiger partial charge in [0.05, 0.1) is 41.7 Å². The third-order valence-electron chi connectivity index (χ3n) is 10.8. The first-order valence-corrected chi connectivity index (χ1v) is 20.1. The van der Waals surface area contributed by atoms with Gasteiger partial charge in [-0.1, -0.05) is 6.92 Å². The average molecular weight is 842 g/mol. The van der Waals surface area contributed by atoms with Gasteiger partial charge in [-0.15, -0.1) is 0 Å². The molecule has 59 heavy (non-hydrogen) atoms. The standard InChI is InChI=1S/C42H45F4N7O5S.3H2/c1-2-27-21-30(52-17-4-3-5-39(56)53(41(52)59)31-8-6-28(24-47)32(23-31)42(44,45)46)9-12-36(27)58-20-16-26-14-18-51(19-15-26)25-38(55)49-35-22-29(7-10-33(35)43)48-34-11-13-37(54)50-40(34)57;;;/h6-10,12,21-23,26,34,48H,2-5,11,13-20,25H2,1H3,(H,49,55)(H,50,54,57);3*1H. The van der Waals surface area contributed by atoms with Gasteiger partial charge in [-0.3, -0.25) is 34.3 Å². The SMILES string of the molecule is CCc1cc(N2CCCCC(=O)N(c3ccc(C#N)c(C(F)(F)F)c3)C2=S)ccc1OCCC1CCN(CC(=O)Nc2cc(NC3CCC(=O)NC3=O)ccc2F)CC1.[HH].[HH].[HH]. The van der Waals surface area contributed by atoms with Crippen molar-refractivity contribution in [3.8, 4) is 11.8 Å². The number of carbonyl (C=O) groups is 4. The van der Waals surface area contributed by atoms with E-state index in [1.165, 1.54) is 24.3 Å². The van der Waals surface area contributed by atoms with Crippen LogP contribution in [0, 0.1) is 23.1 Å². The van der Waals surface area contributed by atoms with Gasteiger partial charge in [-0.25, -0.2) is 4.39 Å². The average Bonchev–Trinajstić information content (AvgIpc) is 3.20. The highest BCUT2D eigenvalue weighted by Gasteiger charge is 2.36. The number of nitrogens with zero attached hydrogens (tertiary/aromatic N) is 4. The van der Waals surface area contributed by atoms with E-state index in [0.29, 0.717) is 75.0 Å². The Hall–Kier alpha value is -5.60. The maximum atomic E-state index is 14.6. The lowest BCUT2D eigenvalue weighted by molar-refractivity contribution is -0.138. The van der Waals surface area contributed by atoms with Gasteiger partial charge in [0.1, 0.15) is 17.6 Å². The van der Waals surface area contributed by atoms with Gasteiger partial charge >= 0.3 is 6.18 Å². The second-order valence-electron chi connectivity index (χ2n) is 14.9. The molecule has 4 amide bonds. The molecule has 0 saturated carbocycles. The number of likely N-dealkylation sites (tertiary alicyclic amines) is 1. The number of amides is 4. The molecular formula is C42H51F4N7O5S. The fourth-order valence-corrected chi connectivity index (χ4v) is 7.94. The number of nitriles is 1. The van der Waals surface area contributed by atoms with Crippen LogP contribution >= 0.6 is 12.2 Å². The van der Waals surface area contributed by atoms with Gasteiger partial charge in [0, 0.05) is 35.0 Å². The number of ether oxygens (including phenoxy) is 1. The van der Waals surface area contributed by atoms with E-state index in [9.17, 15) is 42.0 Å². The number of halogens is 4. The molecular weight excluding hydrogens is 791 g/mol. The molecule has 3 aliphatic rings. The molecule has 318 valence electrons. The van der Waals surface area contributed by atoms with Crippen molar-refractivity contribution in [2.75, 3.05) is 53.2 Å². The maximum Gasteiger partial charge on any atom is 0.417 e. The zero-order valence-electron chi connectivity index (χ0n) is 32.5. The fraction of sp³-hybridized carbons (Fsp3) is 0.429. The third kappa shape index (κ3) is 10.7. The Morgan fingerprint density at radius 3 is 2.47 bits per heavy atom. The number of anilines is 4. The van der Waals surface area contributed by atoms with E-state index in [1.807, 2.05) is 30.0 Å². The topological polar surface area (TPSA) is 147 Å². The van der Waals surface area contributed by atoms with Crippen molar-refractivity contribution in [1.82, 2.24) is 10.2 Å². The lowest BCUT2D eigenvalue weighted by Gasteiger charge is -2.35. The van der Waals surface area contributed by atoms with E-state index in [4.69, 9.17) is 17.0 Å². The molecule has 0 spiro atoms. The van der Waals surface area contributed by atoms with Crippen molar-refractivity contribution in [3.63, 3.8) is 0 Å². The monoisotopic (exact) mass is 841 g/mol. The molecule has 0 bridgehead atoms. The van der Waals surface area contributed by atoms with Gasteiger partial charge in [0.25, 0.3) is 0 Å². The molecule has 1 unspecified atom stereocenters. The highest BCUT2D eigenvalue weighted by atomic mass is 32.1. The van der Waals surface area contributed by atoms with E-state index in [2.05, 4.69) is 16.0 Å². The fourth-order valence-electron chi connectivity index (χ4n) is 7.53. The Kier molecular flexibility index (Phi) is 13.8. The molecule has 12 nitrogen and oxygen atoms in total. The number of thiocarbonyl (C=S) groups is 1. The van der Waals surface area contributed by atoms with Crippen molar-refractivity contribution < 1.29 is 45.8 Å². The molecule has 0 radical (unpaired) electrons. The molecule has 0 aromatic heterocycles. The number of imide groups is 1. The quantitative estimate of drug-likeness (QED) is 0.0944. The number of alkyl halides is 3. The second kappa shape index (κ2) is 19.0. The van der Waals surface area contributed by atoms with E-state index in [-0.39, 0.29) is 52.0 Å². The molecule has 6 rings (SSSR count). The minimum atomic E-state index is -4.80. The van der Waals surface area contributed by atoms with Gasteiger partial charge < -0.3 is 20.3 Å². The van der Waals surface area contributed by atoms with Crippen molar-refractivity contribution in [2.45, 2.75) is 76.9 Å².